The molecule has 0 aliphatic carbocycles. The van der Waals surface area contributed by atoms with Crippen LogP contribution in [0.5, 0.6) is 11.5 Å². The number of carbonyl (C=O) groups is 1. The van der Waals surface area contributed by atoms with Crippen molar-refractivity contribution in [1.29, 1.82) is 0 Å². The molecule has 5 heteroatoms. The Morgan fingerprint density at radius 2 is 1.69 bits per heavy atom. The van der Waals surface area contributed by atoms with Crippen LogP contribution in [0.15, 0.2) is 82.2 Å². The summed E-state index contributed by atoms with van der Waals surface area (Å²) in [6.45, 7) is 1.94. The van der Waals surface area contributed by atoms with Crippen LogP contribution >= 0.6 is 0 Å². The van der Waals surface area contributed by atoms with Gasteiger partial charge in [0.15, 0.2) is 0 Å². The lowest BCUT2D eigenvalue weighted by Gasteiger charge is -2.09. The Hall–Kier alpha value is -3.86. The van der Waals surface area contributed by atoms with Crippen LogP contribution in [-0.2, 0) is 0 Å². The van der Waals surface area contributed by atoms with Crippen LogP contribution in [0.1, 0.15) is 15.9 Å². The van der Waals surface area contributed by atoms with Crippen LogP contribution in [0, 0.1) is 6.92 Å². The molecule has 0 spiro atoms. The summed E-state index contributed by atoms with van der Waals surface area (Å²) in [5.74, 6) is 0.413. The van der Waals surface area contributed by atoms with Gasteiger partial charge in [-0.2, -0.15) is 0 Å². The molecule has 0 saturated carbocycles. The van der Waals surface area contributed by atoms with Crippen molar-refractivity contribution in [2.45, 2.75) is 6.92 Å². The van der Waals surface area contributed by atoms with Gasteiger partial charge in [0.05, 0.1) is 23.6 Å². The van der Waals surface area contributed by atoms with Gasteiger partial charge in [0.2, 0.25) is 5.43 Å². The first-order valence-corrected chi connectivity index (χ1v) is 9.04. The molecular weight excluding hydrogens is 368 g/mol. The van der Waals surface area contributed by atoms with E-state index in [0.29, 0.717) is 39.2 Å². The Bertz CT molecular complexity index is 1250. The Kier molecular flexibility index (Phi) is 4.87. The lowest BCUT2D eigenvalue weighted by atomic mass is 10.0. The lowest BCUT2D eigenvalue weighted by molar-refractivity contribution is 0.0735. The molecule has 0 unspecified atom stereocenters. The number of rotatable bonds is 4. The SMILES string of the molecule is COc1ccccc1-c1coc2cc(OC(=O)c3ccc(C)cc3)ccc2c1=O. The Balaban J connectivity index is 1.68. The van der Waals surface area contributed by atoms with Crippen molar-refractivity contribution >= 4 is 16.9 Å². The quantitative estimate of drug-likeness (QED) is 0.365. The summed E-state index contributed by atoms with van der Waals surface area (Å²) in [4.78, 5) is 25.3. The van der Waals surface area contributed by atoms with E-state index in [1.807, 2.05) is 31.2 Å². The van der Waals surface area contributed by atoms with Crippen LogP contribution in [0.3, 0.4) is 0 Å². The summed E-state index contributed by atoms with van der Waals surface area (Å²) in [7, 11) is 1.55. The van der Waals surface area contributed by atoms with Crippen LogP contribution in [0.2, 0.25) is 0 Å². The molecular formula is C24H18O5. The minimum Gasteiger partial charge on any atom is -0.496 e. The lowest BCUT2D eigenvalue weighted by Crippen LogP contribution is -2.09. The third-order valence-electron chi connectivity index (χ3n) is 4.64. The van der Waals surface area contributed by atoms with Gasteiger partial charge in [0.1, 0.15) is 23.3 Å². The number of esters is 1. The zero-order valence-corrected chi connectivity index (χ0v) is 16.0. The number of hydrogen-bond acceptors (Lipinski definition) is 5. The molecule has 0 radical (unpaired) electrons. The van der Waals surface area contributed by atoms with Gasteiger partial charge in [-0.3, -0.25) is 4.79 Å². The molecule has 3 aromatic carbocycles. The molecule has 1 heterocycles. The summed E-state index contributed by atoms with van der Waals surface area (Å²) >= 11 is 0. The summed E-state index contributed by atoms with van der Waals surface area (Å²) in [6.07, 6.45) is 1.40. The molecule has 0 atom stereocenters. The fraction of sp³-hybridized carbons (Fsp3) is 0.0833. The molecule has 0 N–H and O–H groups in total. The molecule has 0 saturated heterocycles. The van der Waals surface area contributed by atoms with Crippen LogP contribution in [0.25, 0.3) is 22.1 Å². The number of carbonyl (C=O) groups excluding carboxylic acids is 1. The summed E-state index contributed by atoms with van der Waals surface area (Å²) in [6, 6.07) is 19.1. The first-order valence-electron chi connectivity index (χ1n) is 9.04. The van der Waals surface area contributed by atoms with Crippen molar-refractivity contribution in [1.82, 2.24) is 0 Å². The molecule has 0 fully saturated rings. The second-order valence-corrected chi connectivity index (χ2v) is 6.59. The first-order chi connectivity index (χ1) is 14.1. The van der Waals surface area contributed by atoms with Crippen molar-refractivity contribution in [3.05, 3.63) is 94.3 Å². The summed E-state index contributed by atoms with van der Waals surface area (Å²) < 4.78 is 16.4. The van der Waals surface area contributed by atoms with Gasteiger partial charge in [-0.25, -0.2) is 4.79 Å². The summed E-state index contributed by atoms with van der Waals surface area (Å²) in [5, 5.41) is 0.392. The van der Waals surface area contributed by atoms with E-state index in [0.717, 1.165) is 5.56 Å². The average Bonchev–Trinajstić information content (AvgIpc) is 2.74. The highest BCUT2D eigenvalue weighted by Crippen LogP contribution is 2.29. The predicted octanol–water partition coefficient (Wildman–Crippen LogP) is 5.00. The second-order valence-electron chi connectivity index (χ2n) is 6.59. The van der Waals surface area contributed by atoms with Crippen molar-refractivity contribution in [3.8, 4) is 22.6 Å². The molecule has 5 nitrogen and oxygen atoms in total. The van der Waals surface area contributed by atoms with Crippen LogP contribution in [-0.4, -0.2) is 13.1 Å². The predicted molar refractivity (Wildman–Crippen MR) is 111 cm³/mol. The largest absolute Gasteiger partial charge is 0.496 e. The van der Waals surface area contributed by atoms with Crippen molar-refractivity contribution < 1.29 is 18.7 Å². The van der Waals surface area contributed by atoms with Gasteiger partial charge in [-0.1, -0.05) is 35.9 Å². The van der Waals surface area contributed by atoms with E-state index in [-0.39, 0.29) is 5.43 Å². The average molecular weight is 386 g/mol. The zero-order valence-electron chi connectivity index (χ0n) is 16.0. The maximum Gasteiger partial charge on any atom is 0.343 e. The zero-order chi connectivity index (χ0) is 20.4. The van der Waals surface area contributed by atoms with Crippen LogP contribution < -0.4 is 14.9 Å². The van der Waals surface area contributed by atoms with E-state index in [2.05, 4.69) is 0 Å². The molecule has 0 bridgehead atoms. The monoisotopic (exact) mass is 386 g/mol. The highest BCUT2D eigenvalue weighted by molar-refractivity contribution is 5.92. The highest BCUT2D eigenvalue weighted by Gasteiger charge is 2.14. The Morgan fingerprint density at radius 3 is 2.45 bits per heavy atom. The summed E-state index contributed by atoms with van der Waals surface area (Å²) in [5.41, 5.74) is 2.71. The van der Waals surface area contributed by atoms with E-state index in [1.165, 1.54) is 12.3 Å². The minimum absolute atomic E-state index is 0.188. The van der Waals surface area contributed by atoms with Gasteiger partial charge in [0.25, 0.3) is 0 Å². The standard InChI is InChI=1S/C24H18O5/c1-15-7-9-16(10-8-15)24(26)29-17-11-12-19-22(13-17)28-14-20(23(19)25)18-5-3-4-6-21(18)27-2/h3-14H,1-2H3. The van der Waals surface area contributed by atoms with Gasteiger partial charge in [-0.05, 0) is 37.3 Å². The molecule has 0 aliphatic heterocycles. The Morgan fingerprint density at radius 1 is 0.931 bits per heavy atom. The molecule has 4 rings (SSSR count). The van der Waals surface area contributed by atoms with Crippen molar-refractivity contribution in [3.63, 3.8) is 0 Å². The van der Waals surface area contributed by atoms with Crippen molar-refractivity contribution in [2.24, 2.45) is 0 Å². The molecule has 4 aromatic rings. The van der Waals surface area contributed by atoms with Crippen LogP contribution in [0.4, 0.5) is 0 Å². The number of aryl methyl sites for hydroxylation is 1. The number of para-hydroxylation sites is 1. The van der Waals surface area contributed by atoms with E-state index in [1.54, 1.807) is 43.5 Å². The maximum atomic E-state index is 13.0. The minimum atomic E-state index is -0.475. The molecule has 29 heavy (non-hydrogen) atoms. The van der Waals surface area contributed by atoms with Gasteiger partial charge in [0, 0.05) is 11.6 Å². The van der Waals surface area contributed by atoms with E-state index >= 15 is 0 Å². The second kappa shape index (κ2) is 7.64. The smallest absolute Gasteiger partial charge is 0.343 e. The number of fused-ring (bicyclic) bond motifs is 1. The highest BCUT2D eigenvalue weighted by atomic mass is 16.5. The number of ether oxygens (including phenoxy) is 2. The molecule has 144 valence electrons. The van der Waals surface area contributed by atoms with E-state index in [4.69, 9.17) is 13.9 Å². The van der Waals surface area contributed by atoms with Crippen molar-refractivity contribution in [2.75, 3.05) is 7.11 Å². The van der Waals surface area contributed by atoms with Gasteiger partial charge >= 0.3 is 5.97 Å². The van der Waals surface area contributed by atoms with Gasteiger partial charge < -0.3 is 13.9 Å². The normalized spacial score (nSPS) is 10.7. The molecule has 0 amide bonds. The number of benzene rings is 3. The van der Waals surface area contributed by atoms with E-state index < -0.39 is 5.97 Å². The first kappa shape index (κ1) is 18.5. The van der Waals surface area contributed by atoms with E-state index in [9.17, 15) is 9.59 Å². The third kappa shape index (κ3) is 3.62. The third-order valence-corrected chi connectivity index (χ3v) is 4.64. The maximum absolute atomic E-state index is 13.0. The molecule has 1 aromatic heterocycles. The number of hydrogen-bond donors (Lipinski definition) is 0. The Labute approximate surface area is 167 Å². The molecule has 0 aliphatic rings. The fourth-order valence-corrected chi connectivity index (χ4v) is 3.08. The topological polar surface area (TPSA) is 65.7 Å². The number of methoxy groups -OCH3 is 1. The van der Waals surface area contributed by atoms with Gasteiger partial charge in [-0.15, -0.1) is 0 Å². The fourth-order valence-electron chi connectivity index (χ4n) is 3.08.